The first-order chi connectivity index (χ1) is 13.7. The van der Waals surface area contributed by atoms with E-state index >= 15 is 0 Å². The molecule has 0 bridgehead atoms. The monoisotopic (exact) mass is 386 g/mol. The van der Waals surface area contributed by atoms with Crippen LogP contribution >= 0.6 is 0 Å². The number of nitrogens with zero attached hydrogens (tertiary/aromatic N) is 4. The number of hydrogen-bond acceptors (Lipinski definition) is 6. The standard InChI is InChI=1S/C19H26N6O3/c1-24-9-10-27-16-7-8-25(12-15(16)24)19(26)20-11-17-21-18(23-22-17)13-28-14-5-3-2-4-6-14/h2-6,15-16H,7-13H2,1H3,(H,20,26)(H,21,22,23). The number of rotatable bonds is 5. The number of carbonyl (C=O) groups excluding carboxylic acids is 1. The molecule has 28 heavy (non-hydrogen) atoms. The van der Waals surface area contributed by atoms with Gasteiger partial charge in [0, 0.05) is 19.6 Å². The minimum Gasteiger partial charge on any atom is -0.486 e. The zero-order valence-electron chi connectivity index (χ0n) is 16.0. The molecular formula is C19H26N6O3. The van der Waals surface area contributed by atoms with Gasteiger partial charge >= 0.3 is 6.03 Å². The van der Waals surface area contributed by atoms with Crippen molar-refractivity contribution >= 4 is 6.03 Å². The van der Waals surface area contributed by atoms with Gasteiger partial charge in [0.15, 0.2) is 11.6 Å². The minimum atomic E-state index is -0.0932. The first-order valence-electron chi connectivity index (χ1n) is 9.61. The summed E-state index contributed by atoms with van der Waals surface area (Å²) in [6.45, 7) is 3.62. The van der Waals surface area contributed by atoms with Gasteiger partial charge < -0.3 is 19.7 Å². The average Bonchev–Trinajstić information content (AvgIpc) is 3.19. The van der Waals surface area contributed by atoms with E-state index in [2.05, 4.69) is 32.4 Å². The van der Waals surface area contributed by atoms with Crippen LogP contribution in [0.1, 0.15) is 18.1 Å². The number of benzene rings is 1. The second-order valence-corrected chi connectivity index (χ2v) is 7.15. The Morgan fingerprint density at radius 1 is 1.36 bits per heavy atom. The van der Waals surface area contributed by atoms with Gasteiger partial charge in [-0.15, -0.1) is 0 Å². The smallest absolute Gasteiger partial charge is 0.317 e. The third kappa shape index (κ3) is 4.42. The highest BCUT2D eigenvalue weighted by Crippen LogP contribution is 2.21. The molecule has 0 spiro atoms. The van der Waals surface area contributed by atoms with E-state index in [9.17, 15) is 4.79 Å². The van der Waals surface area contributed by atoms with E-state index in [0.29, 0.717) is 31.3 Å². The number of aromatic amines is 1. The average molecular weight is 386 g/mol. The first-order valence-corrected chi connectivity index (χ1v) is 9.61. The van der Waals surface area contributed by atoms with Gasteiger partial charge in [0.2, 0.25) is 0 Å². The predicted molar refractivity (Wildman–Crippen MR) is 102 cm³/mol. The first kappa shape index (κ1) is 18.7. The molecule has 4 rings (SSSR count). The molecule has 0 aliphatic carbocycles. The number of ether oxygens (including phenoxy) is 2. The van der Waals surface area contributed by atoms with Crippen molar-refractivity contribution < 1.29 is 14.3 Å². The summed E-state index contributed by atoms with van der Waals surface area (Å²) in [5, 5.41) is 9.90. The molecule has 2 unspecified atom stereocenters. The fourth-order valence-corrected chi connectivity index (χ4v) is 3.64. The molecule has 2 fully saturated rings. The quantitative estimate of drug-likeness (QED) is 0.796. The van der Waals surface area contributed by atoms with Crippen LogP contribution in [0.15, 0.2) is 30.3 Å². The largest absolute Gasteiger partial charge is 0.486 e. The van der Waals surface area contributed by atoms with Crippen LogP contribution in [0.5, 0.6) is 5.75 Å². The molecule has 2 N–H and O–H groups in total. The van der Waals surface area contributed by atoms with Crippen LogP contribution in [0.4, 0.5) is 4.79 Å². The highest BCUT2D eigenvalue weighted by atomic mass is 16.5. The van der Waals surface area contributed by atoms with E-state index in [0.717, 1.165) is 25.3 Å². The minimum absolute atomic E-state index is 0.0932. The second-order valence-electron chi connectivity index (χ2n) is 7.15. The molecule has 2 aliphatic heterocycles. The van der Waals surface area contributed by atoms with Crippen molar-refractivity contribution in [3.8, 4) is 5.75 Å². The van der Waals surface area contributed by atoms with E-state index in [-0.39, 0.29) is 24.7 Å². The van der Waals surface area contributed by atoms with Crippen molar-refractivity contribution in [1.82, 2.24) is 30.3 Å². The molecule has 0 saturated carbocycles. The maximum absolute atomic E-state index is 12.5. The fourth-order valence-electron chi connectivity index (χ4n) is 3.64. The number of para-hydroxylation sites is 1. The number of urea groups is 1. The number of likely N-dealkylation sites (N-methyl/N-ethyl adjacent to an activating group) is 1. The Labute approximate surface area is 164 Å². The maximum Gasteiger partial charge on any atom is 0.317 e. The molecule has 2 saturated heterocycles. The van der Waals surface area contributed by atoms with E-state index < -0.39 is 0 Å². The zero-order valence-corrected chi connectivity index (χ0v) is 16.0. The third-order valence-corrected chi connectivity index (χ3v) is 5.24. The Morgan fingerprint density at radius 3 is 3.07 bits per heavy atom. The number of likely N-dealkylation sites (tertiary alicyclic amines) is 1. The highest BCUT2D eigenvalue weighted by molar-refractivity contribution is 5.74. The van der Waals surface area contributed by atoms with Gasteiger partial charge in [0.1, 0.15) is 12.4 Å². The Hall–Kier alpha value is -2.65. The number of hydrogen-bond donors (Lipinski definition) is 2. The lowest BCUT2D eigenvalue weighted by atomic mass is 9.99. The van der Waals surface area contributed by atoms with Crippen LogP contribution in [0.25, 0.3) is 0 Å². The number of piperidine rings is 1. The lowest BCUT2D eigenvalue weighted by molar-refractivity contribution is -0.0881. The Bertz CT molecular complexity index is 783. The molecular weight excluding hydrogens is 360 g/mol. The van der Waals surface area contributed by atoms with Crippen LogP contribution in [0, 0.1) is 0 Å². The van der Waals surface area contributed by atoms with Gasteiger partial charge in [0.25, 0.3) is 0 Å². The third-order valence-electron chi connectivity index (χ3n) is 5.24. The van der Waals surface area contributed by atoms with Gasteiger partial charge in [-0.3, -0.25) is 10.00 Å². The number of aromatic nitrogens is 3. The SMILES string of the molecule is CN1CCOC2CCN(C(=O)NCc3n[nH]c(COc4ccccc4)n3)CC21. The van der Waals surface area contributed by atoms with Gasteiger partial charge in [0.05, 0.1) is 25.3 Å². The van der Waals surface area contributed by atoms with Crippen molar-refractivity contribution in [1.29, 1.82) is 0 Å². The lowest BCUT2D eigenvalue weighted by Crippen LogP contribution is -2.60. The molecule has 2 aromatic rings. The van der Waals surface area contributed by atoms with Gasteiger partial charge in [-0.05, 0) is 25.6 Å². The van der Waals surface area contributed by atoms with Crippen LogP contribution < -0.4 is 10.1 Å². The summed E-state index contributed by atoms with van der Waals surface area (Å²) in [6.07, 6.45) is 1.09. The topological polar surface area (TPSA) is 95.6 Å². The molecule has 150 valence electrons. The van der Waals surface area contributed by atoms with E-state index in [1.54, 1.807) is 0 Å². The maximum atomic E-state index is 12.5. The summed E-state index contributed by atoms with van der Waals surface area (Å²) in [5.74, 6) is 1.93. The van der Waals surface area contributed by atoms with Crippen molar-refractivity contribution in [3.05, 3.63) is 42.0 Å². The van der Waals surface area contributed by atoms with Crippen LogP contribution in [0.2, 0.25) is 0 Å². The summed E-state index contributed by atoms with van der Waals surface area (Å²) < 4.78 is 11.5. The molecule has 9 nitrogen and oxygen atoms in total. The van der Waals surface area contributed by atoms with Gasteiger partial charge in [-0.1, -0.05) is 18.2 Å². The number of carbonyl (C=O) groups is 1. The summed E-state index contributed by atoms with van der Waals surface area (Å²) >= 11 is 0. The number of amides is 2. The molecule has 0 radical (unpaired) electrons. The van der Waals surface area contributed by atoms with Crippen LogP contribution in [-0.4, -0.2) is 76.4 Å². The predicted octanol–water partition coefficient (Wildman–Crippen LogP) is 0.998. The van der Waals surface area contributed by atoms with Crippen LogP contribution in [0.3, 0.4) is 0 Å². The van der Waals surface area contributed by atoms with Crippen molar-refractivity contribution in [2.75, 3.05) is 33.3 Å². The molecule has 3 heterocycles. The summed E-state index contributed by atoms with van der Waals surface area (Å²) in [5.41, 5.74) is 0. The summed E-state index contributed by atoms with van der Waals surface area (Å²) in [6, 6.07) is 9.70. The molecule has 9 heteroatoms. The second kappa shape index (κ2) is 8.57. The van der Waals surface area contributed by atoms with Crippen molar-refractivity contribution in [2.45, 2.75) is 31.7 Å². The van der Waals surface area contributed by atoms with E-state index in [1.165, 1.54) is 0 Å². The van der Waals surface area contributed by atoms with Gasteiger partial charge in [-0.25, -0.2) is 9.78 Å². The number of nitrogens with one attached hydrogen (secondary N) is 2. The normalized spacial score (nSPS) is 22.5. The highest BCUT2D eigenvalue weighted by Gasteiger charge is 2.36. The Morgan fingerprint density at radius 2 is 2.21 bits per heavy atom. The summed E-state index contributed by atoms with van der Waals surface area (Å²) in [4.78, 5) is 21.0. The van der Waals surface area contributed by atoms with Crippen molar-refractivity contribution in [3.63, 3.8) is 0 Å². The molecule has 1 aromatic heterocycles. The van der Waals surface area contributed by atoms with E-state index in [1.807, 2.05) is 35.2 Å². The molecule has 2 aliphatic rings. The van der Waals surface area contributed by atoms with E-state index in [4.69, 9.17) is 9.47 Å². The zero-order chi connectivity index (χ0) is 19.3. The fraction of sp³-hybridized carbons (Fsp3) is 0.526. The Balaban J connectivity index is 1.24. The molecule has 1 aromatic carbocycles. The number of morpholine rings is 1. The molecule has 2 amide bonds. The molecule has 2 atom stereocenters. The number of H-pyrrole nitrogens is 1. The lowest BCUT2D eigenvalue weighted by Gasteiger charge is -2.45. The van der Waals surface area contributed by atoms with Crippen molar-refractivity contribution in [2.24, 2.45) is 0 Å². The summed E-state index contributed by atoms with van der Waals surface area (Å²) in [7, 11) is 2.09. The Kier molecular flexibility index (Phi) is 5.73. The van der Waals surface area contributed by atoms with Crippen LogP contribution in [-0.2, 0) is 17.9 Å². The van der Waals surface area contributed by atoms with Gasteiger partial charge in [-0.2, -0.15) is 5.10 Å². The number of fused-ring (bicyclic) bond motifs is 1.